The molecule has 1 fully saturated rings. The van der Waals surface area contributed by atoms with Gasteiger partial charge in [0.2, 0.25) is 0 Å². The van der Waals surface area contributed by atoms with Gasteiger partial charge in [0.15, 0.2) is 0 Å². The van der Waals surface area contributed by atoms with E-state index in [0.717, 1.165) is 37.3 Å². The van der Waals surface area contributed by atoms with Crippen molar-refractivity contribution < 1.29 is 13.2 Å². The lowest BCUT2D eigenvalue weighted by Gasteiger charge is -2.36. The molecule has 0 radical (unpaired) electrons. The van der Waals surface area contributed by atoms with Gasteiger partial charge in [-0.2, -0.15) is 13.2 Å². The topological polar surface area (TPSA) is 28.2 Å². The maximum atomic E-state index is 12.9. The second-order valence-electron chi connectivity index (χ2n) is 5.78. The molecule has 1 aromatic carbocycles. The molecule has 1 atom stereocenters. The van der Waals surface area contributed by atoms with Gasteiger partial charge in [-0.05, 0) is 35.4 Å². The quantitative estimate of drug-likeness (QED) is 0.905. The van der Waals surface area contributed by atoms with E-state index >= 15 is 0 Å². The zero-order valence-corrected chi connectivity index (χ0v) is 13.6. The van der Waals surface area contributed by atoms with Crippen LogP contribution in [0.5, 0.6) is 0 Å². The van der Waals surface area contributed by atoms with Crippen LogP contribution < -0.4 is 5.32 Å². The highest BCUT2D eigenvalue weighted by Gasteiger charge is 2.31. The second kappa shape index (κ2) is 7.09. The van der Waals surface area contributed by atoms with E-state index in [2.05, 4.69) is 15.2 Å². The molecule has 1 unspecified atom stereocenters. The summed E-state index contributed by atoms with van der Waals surface area (Å²) in [5, 5.41) is 3.67. The molecule has 1 saturated heterocycles. The summed E-state index contributed by atoms with van der Waals surface area (Å²) in [6, 6.07) is 7.37. The van der Waals surface area contributed by atoms with Gasteiger partial charge in [-0.15, -0.1) is 0 Å². The van der Waals surface area contributed by atoms with Crippen molar-refractivity contribution in [3.8, 4) is 0 Å². The van der Waals surface area contributed by atoms with Crippen LogP contribution in [0.2, 0.25) is 5.02 Å². The molecule has 2 aromatic rings. The summed E-state index contributed by atoms with van der Waals surface area (Å²) in [5.41, 5.74) is 0.852. The molecule has 2 heterocycles. The number of aromatic nitrogens is 1. The minimum Gasteiger partial charge on any atom is -0.314 e. The zero-order valence-electron chi connectivity index (χ0n) is 12.9. The van der Waals surface area contributed by atoms with E-state index in [1.54, 1.807) is 12.4 Å². The molecule has 0 saturated carbocycles. The van der Waals surface area contributed by atoms with Crippen LogP contribution in [0.1, 0.15) is 22.7 Å². The Morgan fingerprint density at radius 1 is 1.29 bits per heavy atom. The normalized spacial score (nSPS) is 19.4. The monoisotopic (exact) mass is 355 g/mol. The van der Waals surface area contributed by atoms with Gasteiger partial charge in [0.05, 0.1) is 5.56 Å². The zero-order chi connectivity index (χ0) is 17.2. The van der Waals surface area contributed by atoms with E-state index < -0.39 is 11.7 Å². The van der Waals surface area contributed by atoms with Crippen LogP contribution in [-0.4, -0.2) is 29.5 Å². The Bertz CT molecular complexity index is 691. The molecule has 7 heteroatoms. The lowest BCUT2D eigenvalue weighted by Crippen LogP contribution is -2.45. The average Bonchev–Trinajstić information content (AvgIpc) is 2.57. The number of piperazine rings is 1. The van der Waals surface area contributed by atoms with E-state index in [-0.39, 0.29) is 6.04 Å². The highest BCUT2D eigenvalue weighted by atomic mass is 35.5. The number of nitrogens with one attached hydrogen (secondary N) is 1. The SMILES string of the molecule is FC(F)(F)c1ccc(Cl)c(CN2CCNCC2c2cccnc2)c1. The van der Waals surface area contributed by atoms with Crippen LogP contribution in [0.3, 0.4) is 0 Å². The third-order valence-corrected chi connectivity index (χ3v) is 4.54. The van der Waals surface area contributed by atoms with Gasteiger partial charge in [0, 0.05) is 49.6 Å². The lowest BCUT2D eigenvalue weighted by atomic mass is 10.0. The van der Waals surface area contributed by atoms with Crippen molar-refractivity contribution in [2.45, 2.75) is 18.8 Å². The third-order valence-electron chi connectivity index (χ3n) is 4.17. The summed E-state index contributed by atoms with van der Waals surface area (Å²) < 4.78 is 38.8. The van der Waals surface area contributed by atoms with Crippen LogP contribution in [0, 0.1) is 0 Å². The fourth-order valence-electron chi connectivity index (χ4n) is 2.93. The van der Waals surface area contributed by atoms with Gasteiger partial charge in [-0.3, -0.25) is 9.88 Å². The summed E-state index contributed by atoms with van der Waals surface area (Å²) in [7, 11) is 0. The molecule has 3 rings (SSSR count). The Kier molecular flexibility index (Phi) is 5.08. The predicted molar refractivity (Wildman–Crippen MR) is 86.7 cm³/mol. The lowest BCUT2D eigenvalue weighted by molar-refractivity contribution is -0.137. The van der Waals surface area contributed by atoms with Gasteiger partial charge in [-0.25, -0.2) is 0 Å². The van der Waals surface area contributed by atoms with Gasteiger partial charge in [0.25, 0.3) is 0 Å². The van der Waals surface area contributed by atoms with Gasteiger partial charge in [0.1, 0.15) is 0 Å². The van der Waals surface area contributed by atoms with Crippen LogP contribution in [-0.2, 0) is 12.7 Å². The van der Waals surface area contributed by atoms with Crippen LogP contribution in [0.25, 0.3) is 0 Å². The van der Waals surface area contributed by atoms with E-state index in [4.69, 9.17) is 11.6 Å². The van der Waals surface area contributed by atoms with Gasteiger partial charge >= 0.3 is 6.18 Å². The fraction of sp³-hybridized carbons (Fsp3) is 0.353. The smallest absolute Gasteiger partial charge is 0.314 e. The molecular formula is C17H17ClF3N3. The summed E-state index contributed by atoms with van der Waals surface area (Å²) in [4.78, 5) is 6.27. The molecule has 0 bridgehead atoms. The van der Waals surface area contributed by atoms with Crippen molar-refractivity contribution in [1.82, 2.24) is 15.2 Å². The molecule has 0 amide bonds. The number of benzene rings is 1. The molecule has 1 aromatic heterocycles. The highest BCUT2D eigenvalue weighted by molar-refractivity contribution is 6.31. The molecule has 3 nitrogen and oxygen atoms in total. The average molecular weight is 356 g/mol. The first-order valence-electron chi connectivity index (χ1n) is 7.65. The number of halogens is 4. The first kappa shape index (κ1) is 17.2. The number of hydrogen-bond acceptors (Lipinski definition) is 3. The minimum absolute atomic E-state index is 0.0538. The van der Waals surface area contributed by atoms with E-state index in [1.165, 1.54) is 6.07 Å². The predicted octanol–water partition coefficient (Wildman–Crippen LogP) is 3.90. The molecule has 1 aliphatic rings. The highest BCUT2D eigenvalue weighted by Crippen LogP contribution is 2.33. The summed E-state index contributed by atoms with van der Waals surface area (Å²) in [6.45, 7) is 2.60. The molecule has 1 aliphatic heterocycles. The second-order valence-corrected chi connectivity index (χ2v) is 6.19. The molecule has 128 valence electrons. The summed E-state index contributed by atoms with van der Waals surface area (Å²) in [5.74, 6) is 0. The Morgan fingerprint density at radius 3 is 2.83 bits per heavy atom. The van der Waals surface area contributed by atoms with E-state index in [0.29, 0.717) is 17.1 Å². The van der Waals surface area contributed by atoms with Crippen LogP contribution in [0.15, 0.2) is 42.7 Å². The van der Waals surface area contributed by atoms with Crippen molar-refractivity contribution in [3.05, 3.63) is 64.4 Å². The molecule has 0 spiro atoms. The van der Waals surface area contributed by atoms with Crippen molar-refractivity contribution >= 4 is 11.6 Å². The number of rotatable bonds is 3. The largest absolute Gasteiger partial charge is 0.416 e. The van der Waals surface area contributed by atoms with Crippen LogP contribution in [0.4, 0.5) is 13.2 Å². The molecular weight excluding hydrogens is 339 g/mol. The van der Waals surface area contributed by atoms with Gasteiger partial charge < -0.3 is 5.32 Å². The van der Waals surface area contributed by atoms with E-state index in [1.807, 2.05) is 12.1 Å². The number of alkyl halides is 3. The minimum atomic E-state index is -4.37. The van der Waals surface area contributed by atoms with E-state index in [9.17, 15) is 13.2 Å². The van der Waals surface area contributed by atoms with Crippen LogP contribution >= 0.6 is 11.6 Å². The summed E-state index contributed by atoms with van der Waals surface area (Å²) >= 11 is 6.14. The first-order valence-corrected chi connectivity index (χ1v) is 8.03. The Hall–Kier alpha value is -1.63. The van der Waals surface area contributed by atoms with Crippen molar-refractivity contribution in [2.75, 3.05) is 19.6 Å². The number of pyridine rings is 1. The summed E-state index contributed by atoms with van der Waals surface area (Å²) in [6.07, 6.45) is -0.877. The first-order chi connectivity index (χ1) is 11.4. The molecule has 1 N–H and O–H groups in total. The Balaban J connectivity index is 1.86. The maximum Gasteiger partial charge on any atom is 0.416 e. The Labute approximate surface area is 143 Å². The fourth-order valence-corrected chi connectivity index (χ4v) is 3.11. The molecule has 0 aliphatic carbocycles. The maximum absolute atomic E-state index is 12.9. The van der Waals surface area contributed by atoms with Crippen molar-refractivity contribution in [1.29, 1.82) is 0 Å². The Morgan fingerprint density at radius 2 is 2.12 bits per heavy atom. The molecule has 24 heavy (non-hydrogen) atoms. The van der Waals surface area contributed by atoms with Crippen molar-refractivity contribution in [3.63, 3.8) is 0 Å². The number of nitrogens with zero attached hydrogens (tertiary/aromatic N) is 2. The standard InChI is InChI=1S/C17H17ClF3N3/c18-15-4-3-14(17(19,20)21)8-13(15)11-24-7-6-23-10-16(24)12-2-1-5-22-9-12/h1-5,8-9,16,23H,6-7,10-11H2. The van der Waals surface area contributed by atoms with Crippen molar-refractivity contribution in [2.24, 2.45) is 0 Å². The number of hydrogen-bond donors (Lipinski definition) is 1. The van der Waals surface area contributed by atoms with Gasteiger partial charge in [-0.1, -0.05) is 17.7 Å². The third kappa shape index (κ3) is 3.88.